The summed E-state index contributed by atoms with van der Waals surface area (Å²) in [6.07, 6.45) is 5.55. The van der Waals surface area contributed by atoms with Crippen LogP contribution in [0, 0.1) is 6.92 Å². The van der Waals surface area contributed by atoms with Crippen molar-refractivity contribution in [3.8, 4) is 11.5 Å². The van der Waals surface area contributed by atoms with Crippen LogP contribution in [-0.2, 0) is 40.1 Å². The molecule has 8 nitrogen and oxygen atoms in total. The van der Waals surface area contributed by atoms with Gasteiger partial charge in [0.2, 0.25) is 0 Å². The summed E-state index contributed by atoms with van der Waals surface area (Å²) in [5.41, 5.74) is 3.79. The number of aromatic nitrogens is 1. The average molecular weight is 477 g/mol. The number of aliphatic hydroxyl groups excluding tert-OH is 1. The zero-order valence-corrected chi connectivity index (χ0v) is 20.5. The SMILES string of the molecule is Cc1ncc(COP(NC(C)C(=O)OC(C)C)Oc2cccc3c2CCCC3)c(CO)c1O. The van der Waals surface area contributed by atoms with Gasteiger partial charge in [0.05, 0.1) is 25.0 Å². The molecule has 33 heavy (non-hydrogen) atoms. The van der Waals surface area contributed by atoms with Crippen molar-refractivity contribution in [3.05, 3.63) is 52.3 Å². The molecule has 1 heterocycles. The molecule has 1 aliphatic carbocycles. The number of ether oxygens (including phenoxy) is 1. The van der Waals surface area contributed by atoms with Crippen LogP contribution >= 0.6 is 8.53 Å². The highest BCUT2D eigenvalue weighted by Crippen LogP contribution is 2.41. The molecule has 0 fully saturated rings. The van der Waals surface area contributed by atoms with E-state index in [1.807, 2.05) is 12.1 Å². The lowest BCUT2D eigenvalue weighted by atomic mass is 9.91. The number of rotatable bonds is 10. The maximum Gasteiger partial charge on any atom is 0.323 e. The second-order valence-corrected chi connectivity index (χ2v) is 9.63. The number of benzene rings is 1. The number of carbonyl (C=O) groups is 1. The van der Waals surface area contributed by atoms with Crippen LogP contribution in [0.4, 0.5) is 0 Å². The molecular weight excluding hydrogens is 443 g/mol. The zero-order chi connectivity index (χ0) is 24.0. The lowest BCUT2D eigenvalue weighted by Crippen LogP contribution is -2.34. The molecule has 2 aromatic rings. The first-order valence-corrected chi connectivity index (χ1v) is 12.4. The van der Waals surface area contributed by atoms with E-state index in [1.54, 1.807) is 33.9 Å². The van der Waals surface area contributed by atoms with Crippen molar-refractivity contribution in [1.29, 1.82) is 0 Å². The van der Waals surface area contributed by atoms with Crippen LogP contribution in [0.2, 0.25) is 0 Å². The Bertz CT molecular complexity index is 968. The summed E-state index contributed by atoms with van der Waals surface area (Å²) in [6.45, 7) is 6.65. The van der Waals surface area contributed by atoms with Crippen LogP contribution in [0.1, 0.15) is 61.6 Å². The highest BCUT2D eigenvalue weighted by Gasteiger charge is 2.26. The highest BCUT2D eigenvalue weighted by molar-refractivity contribution is 7.45. The maximum atomic E-state index is 12.4. The third-order valence-corrected chi connectivity index (χ3v) is 6.79. The lowest BCUT2D eigenvalue weighted by molar-refractivity contribution is -0.149. The maximum absolute atomic E-state index is 12.4. The first-order valence-electron chi connectivity index (χ1n) is 11.3. The number of fused-ring (bicyclic) bond motifs is 1. The van der Waals surface area contributed by atoms with Crippen LogP contribution in [-0.4, -0.2) is 33.3 Å². The second kappa shape index (κ2) is 11.7. The Balaban J connectivity index is 1.80. The van der Waals surface area contributed by atoms with Crippen molar-refractivity contribution in [3.63, 3.8) is 0 Å². The van der Waals surface area contributed by atoms with E-state index in [9.17, 15) is 15.0 Å². The first-order chi connectivity index (χ1) is 15.8. The summed E-state index contributed by atoms with van der Waals surface area (Å²) in [5, 5.41) is 23.1. The van der Waals surface area contributed by atoms with Gasteiger partial charge in [-0.25, -0.2) is 5.09 Å². The molecule has 0 saturated carbocycles. The molecule has 0 bridgehead atoms. The summed E-state index contributed by atoms with van der Waals surface area (Å²) in [6, 6.07) is 5.35. The second-order valence-electron chi connectivity index (χ2n) is 8.41. The third-order valence-electron chi connectivity index (χ3n) is 5.46. The number of pyridine rings is 1. The van der Waals surface area contributed by atoms with E-state index in [4.69, 9.17) is 13.8 Å². The Kier molecular flexibility index (Phi) is 9.03. The Morgan fingerprint density at radius 1 is 1.24 bits per heavy atom. The first kappa shape index (κ1) is 25.4. The zero-order valence-electron chi connectivity index (χ0n) is 19.6. The summed E-state index contributed by atoms with van der Waals surface area (Å²) >= 11 is 0. The molecule has 0 amide bonds. The lowest BCUT2D eigenvalue weighted by Gasteiger charge is -2.25. The molecule has 0 saturated heterocycles. The van der Waals surface area contributed by atoms with Crippen LogP contribution < -0.4 is 9.61 Å². The molecule has 0 spiro atoms. The number of aryl methyl sites for hydroxylation is 2. The van der Waals surface area contributed by atoms with Crippen LogP contribution in [0.25, 0.3) is 0 Å². The summed E-state index contributed by atoms with van der Waals surface area (Å²) < 4.78 is 17.6. The fourth-order valence-corrected chi connectivity index (χ4v) is 4.88. The molecule has 3 N–H and O–H groups in total. The summed E-state index contributed by atoms with van der Waals surface area (Å²) in [5.74, 6) is 0.288. The third kappa shape index (κ3) is 6.64. The number of nitrogens with zero attached hydrogens (tertiary/aromatic N) is 1. The van der Waals surface area contributed by atoms with Crippen LogP contribution in [0.15, 0.2) is 24.4 Å². The predicted octanol–water partition coefficient (Wildman–Crippen LogP) is 4.22. The number of carbonyl (C=O) groups excluding carboxylic acids is 1. The molecular formula is C24H33N2O6P. The van der Waals surface area contributed by atoms with Gasteiger partial charge in [0.25, 0.3) is 0 Å². The number of hydrogen-bond donors (Lipinski definition) is 3. The smallest absolute Gasteiger partial charge is 0.323 e. The fraction of sp³-hybridized carbons (Fsp3) is 0.500. The van der Waals surface area contributed by atoms with Crippen LogP contribution in [0.3, 0.4) is 0 Å². The Morgan fingerprint density at radius 3 is 2.73 bits per heavy atom. The molecule has 0 radical (unpaired) electrons. The minimum absolute atomic E-state index is 0.0381. The van der Waals surface area contributed by atoms with Gasteiger partial charge in [0, 0.05) is 17.3 Å². The molecule has 2 atom stereocenters. The van der Waals surface area contributed by atoms with Gasteiger partial charge in [-0.15, -0.1) is 0 Å². The molecule has 9 heteroatoms. The van der Waals surface area contributed by atoms with Crippen molar-refractivity contribution < 1.29 is 28.8 Å². The minimum atomic E-state index is -1.75. The Labute approximate surface area is 196 Å². The van der Waals surface area contributed by atoms with Gasteiger partial charge < -0.3 is 24.0 Å². The molecule has 0 aliphatic heterocycles. The van der Waals surface area contributed by atoms with Gasteiger partial charge >= 0.3 is 14.5 Å². The van der Waals surface area contributed by atoms with Gasteiger partial charge in [-0.1, -0.05) is 12.1 Å². The van der Waals surface area contributed by atoms with Gasteiger partial charge in [-0.05, 0) is 70.6 Å². The van der Waals surface area contributed by atoms with E-state index in [2.05, 4.69) is 16.1 Å². The molecule has 1 aliphatic rings. The Morgan fingerprint density at radius 2 is 2.00 bits per heavy atom. The predicted molar refractivity (Wildman–Crippen MR) is 126 cm³/mol. The highest BCUT2D eigenvalue weighted by atomic mass is 31.2. The number of aromatic hydroxyl groups is 1. The number of aliphatic hydroxyl groups is 1. The minimum Gasteiger partial charge on any atom is -0.506 e. The standard InChI is InChI=1S/C24H33N2O6P/c1-15(2)31-24(29)17(4)26-33(30-14-19-12-25-16(3)23(28)21(19)13-27)32-22-11-7-9-18-8-5-6-10-20(18)22/h7,9,11-12,15,17,26-28H,5-6,8,10,13-14H2,1-4H3. The normalized spacial score (nSPS) is 15.1. The van der Waals surface area contributed by atoms with E-state index >= 15 is 0 Å². The largest absolute Gasteiger partial charge is 0.506 e. The van der Waals surface area contributed by atoms with Crippen molar-refractivity contribution in [2.75, 3.05) is 0 Å². The van der Waals surface area contributed by atoms with Gasteiger partial charge in [0.15, 0.2) is 0 Å². The Hall–Kier alpha value is -2.25. The molecule has 3 rings (SSSR count). The van der Waals surface area contributed by atoms with Gasteiger partial charge in [0.1, 0.15) is 17.5 Å². The monoisotopic (exact) mass is 476 g/mol. The van der Waals surface area contributed by atoms with Gasteiger partial charge in [-0.3, -0.25) is 9.78 Å². The quantitative estimate of drug-likeness (QED) is 0.345. The number of hydrogen-bond acceptors (Lipinski definition) is 8. The van der Waals surface area contributed by atoms with Crippen molar-refractivity contribution in [2.45, 2.75) is 78.7 Å². The topological polar surface area (TPSA) is 110 Å². The van der Waals surface area contributed by atoms with Crippen molar-refractivity contribution >= 4 is 14.5 Å². The fourth-order valence-electron chi connectivity index (χ4n) is 3.67. The number of nitrogens with one attached hydrogen (secondary N) is 1. The molecule has 1 aromatic heterocycles. The van der Waals surface area contributed by atoms with E-state index in [1.165, 1.54) is 11.1 Å². The molecule has 2 unspecified atom stereocenters. The molecule has 1 aromatic carbocycles. The van der Waals surface area contributed by atoms with Crippen molar-refractivity contribution in [1.82, 2.24) is 10.1 Å². The van der Waals surface area contributed by atoms with Crippen LogP contribution in [0.5, 0.6) is 11.5 Å². The average Bonchev–Trinajstić information content (AvgIpc) is 2.79. The van der Waals surface area contributed by atoms with Crippen molar-refractivity contribution in [2.24, 2.45) is 0 Å². The molecule has 180 valence electrons. The van der Waals surface area contributed by atoms with E-state index < -0.39 is 20.5 Å². The number of esters is 1. The van der Waals surface area contributed by atoms with E-state index in [0.29, 0.717) is 16.8 Å². The summed E-state index contributed by atoms with van der Waals surface area (Å²) in [7, 11) is -1.75. The van der Waals surface area contributed by atoms with E-state index in [0.717, 1.165) is 31.4 Å². The van der Waals surface area contributed by atoms with E-state index in [-0.39, 0.29) is 25.1 Å². The van der Waals surface area contributed by atoms with Gasteiger partial charge in [-0.2, -0.15) is 0 Å². The summed E-state index contributed by atoms with van der Waals surface area (Å²) in [4.78, 5) is 16.5.